The highest BCUT2D eigenvalue weighted by atomic mass is 16.2. The molecule has 1 amide bonds. The molecule has 0 spiro atoms. The van der Waals surface area contributed by atoms with Gasteiger partial charge in [-0.05, 0) is 31.0 Å². The Morgan fingerprint density at radius 3 is 2.65 bits per heavy atom. The standard InChI is InChI=1S/C16H19N3O/c1-18-11-16(20)19(13-5-3-2-4-6-13)15-9-12(10-17)7-8-14(15)18/h7-9,13H,2-6,11H2,1H3. The zero-order valence-corrected chi connectivity index (χ0v) is 11.8. The van der Waals surface area contributed by atoms with E-state index in [4.69, 9.17) is 5.26 Å². The molecular formula is C16H19N3O. The summed E-state index contributed by atoms with van der Waals surface area (Å²) in [5.41, 5.74) is 2.58. The van der Waals surface area contributed by atoms with Crippen molar-refractivity contribution in [3.05, 3.63) is 23.8 Å². The first-order valence-corrected chi connectivity index (χ1v) is 7.28. The lowest BCUT2D eigenvalue weighted by Gasteiger charge is -2.41. The maximum atomic E-state index is 12.5. The molecule has 104 valence electrons. The highest BCUT2D eigenvalue weighted by Crippen LogP contribution is 2.37. The molecular weight excluding hydrogens is 250 g/mol. The number of likely N-dealkylation sites (N-methyl/N-ethyl adjacent to an activating group) is 1. The molecule has 2 aliphatic rings. The van der Waals surface area contributed by atoms with Crippen LogP contribution in [0.4, 0.5) is 11.4 Å². The van der Waals surface area contributed by atoms with Crippen LogP contribution in [0.1, 0.15) is 37.7 Å². The van der Waals surface area contributed by atoms with Crippen LogP contribution >= 0.6 is 0 Å². The molecule has 20 heavy (non-hydrogen) atoms. The Bertz CT molecular complexity index is 570. The van der Waals surface area contributed by atoms with Gasteiger partial charge in [-0.15, -0.1) is 0 Å². The van der Waals surface area contributed by atoms with Crippen LogP contribution in [0.2, 0.25) is 0 Å². The number of rotatable bonds is 1. The van der Waals surface area contributed by atoms with E-state index >= 15 is 0 Å². The fourth-order valence-electron chi connectivity index (χ4n) is 3.35. The van der Waals surface area contributed by atoms with Crippen LogP contribution in [0, 0.1) is 11.3 Å². The van der Waals surface area contributed by atoms with Gasteiger partial charge in [-0.25, -0.2) is 0 Å². The summed E-state index contributed by atoms with van der Waals surface area (Å²) < 4.78 is 0. The molecule has 0 unspecified atom stereocenters. The van der Waals surface area contributed by atoms with Crippen LogP contribution < -0.4 is 9.80 Å². The van der Waals surface area contributed by atoms with Gasteiger partial charge in [0.15, 0.2) is 0 Å². The summed E-state index contributed by atoms with van der Waals surface area (Å²) in [4.78, 5) is 16.4. The third-order valence-electron chi connectivity index (χ3n) is 4.36. The molecule has 1 heterocycles. The fourth-order valence-corrected chi connectivity index (χ4v) is 3.35. The molecule has 0 aromatic heterocycles. The Hall–Kier alpha value is -2.02. The van der Waals surface area contributed by atoms with Gasteiger partial charge in [0, 0.05) is 13.1 Å². The average molecular weight is 269 g/mol. The normalized spacial score (nSPS) is 19.7. The number of hydrogen-bond acceptors (Lipinski definition) is 3. The number of fused-ring (bicyclic) bond motifs is 1. The van der Waals surface area contributed by atoms with Crippen molar-refractivity contribution in [3.8, 4) is 6.07 Å². The molecule has 1 aliphatic heterocycles. The molecule has 1 aromatic carbocycles. The van der Waals surface area contributed by atoms with E-state index in [-0.39, 0.29) is 5.91 Å². The van der Waals surface area contributed by atoms with Gasteiger partial charge in [-0.3, -0.25) is 4.79 Å². The third-order valence-corrected chi connectivity index (χ3v) is 4.36. The van der Waals surface area contributed by atoms with Gasteiger partial charge >= 0.3 is 0 Å². The Kier molecular flexibility index (Phi) is 3.35. The second-order valence-electron chi connectivity index (χ2n) is 5.73. The number of nitrogens with zero attached hydrogens (tertiary/aromatic N) is 3. The van der Waals surface area contributed by atoms with Crippen molar-refractivity contribution in [3.63, 3.8) is 0 Å². The Balaban J connectivity index is 2.04. The number of carbonyl (C=O) groups is 1. The summed E-state index contributed by atoms with van der Waals surface area (Å²) in [5, 5.41) is 9.10. The Labute approximate surface area is 119 Å². The summed E-state index contributed by atoms with van der Waals surface area (Å²) in [6.45, 7) is 0.426. The molecule has 1 aliphatic carbocycles. The number of amides is 1. The van der Waals surface area contributed by atoms with E-state index in [1.165, 1.54) is 19.3 Å². The van der Waals surface area contributed by atoms with Crippen LogP contribution in [0.5, 0.6) is 0 Å². The van der Waals surface area contributed by atoms with E-state index in [0.29, 0.717) is 18.2 Å². The second-order valence-corrected chi connectivity index (χ2v) is 5.73. The molecule has 4 heteroatoms. The molecule has 1 saturated carbocycles. The van der Waals surface area contributed by atoms with Crippen LogP contribution in [-0.2, 0) is 4.79 Å². The lowest BCUT2D eigenvalue weighted by atomic mass is 9.92. The number of hydrogen-bond donors (Lipinski definition) is 0. The number of anilines is 2. The highest BCUT2D eigenvalue weighted by molar-refractivity contribution is 6.03. The molecule has 0 saturated heterocycles. The van der Waals surface area contributed by atoms with E-state index in [2.05, 4.69) is 6.07 Å². The second kappa shape index (κ2) is 5.16. The Morgan fingerprint density at radius 1 is 1.20 bits per heavy atom. The van der Waals surface area contributed by atoms with Crippen molar-refractivity contribution in [2.75, 3.05) is 23.4 Å². The first-order chi connectivity index (χ1) is 9.70. The largest absolute Gasteiger partial charge is 0.364 e. The number of nitriles is 1. The lowest BCUT2D eigenvalue weighted by Crippen LogP contribution is -2.50. The minimum absolute atomic E-state index is 0.155. The van der Waals surface area contributed by atoms with E-state index in [1.807, 2.05) is 35.0 Å². The molecule has 4 nitrogen and oxygen atoms in total. The third kappa shape index (κ3) is 2.14. The maximum Gasteiger partial charge on any atom is 0.246 e. The molecule has 0 atom stereocenters. The van der Waals surface area contributed by atoms with Crippen molar-refractivity contribution < 1.29 is 4.79 Å². The van der Waals surface area contributed by atoms with Gasteiger partial charge in [0.05, 0.1) is 29.6 Å². The topological polar surface area (TPSA) is 47.3 Å². The van der Waals surface area contributed by atoms with Crippen LogP contribution in [0.15, 0.2) is 18.2 Å². The quantitative estimate of drug-likeness (QED) is 0.787. The van der Waals surface area contributed by atoms with Crippen molar-refractivity contribution in [1.29, 1.82) is 5.26 Å². The van der Waals surface area contributed by atoms with Crippen molar-refractivity contribution in [2.24, 2.45) is 0 Å². The summed E-state index contributed by atoms with van der Waals surface area (Å²) in [7, 11) is 1.93. The molecule has 1 fully saturated rings. The summed E-state index contributed by atoms with van der Waals surface area (Å²) in [6.07, 6.45) is 5.80. The zero-order chi connectivity index (χ0) is 14.1. The van der Waals surface area contributed by atoms with E-state index in [9.17, 15) is 4.79 Å². The van der Waals surface area contributed by atoms with Gasteiger partial charge in [0.2, 0.25) is 5.91 Å². The molecule has 0 bridgehead atoms. The SMILES string of the molecule is CN1CC(=O)N(C2CCCCC2)c2cc(C#N)ccc21. The zero-order valence-electron chi connectivity index (χ0n) is 11.8. The predicted molar refractivity (Wildman–Crippen MR) is 78.8 cm³/mol. The summed E-state index contributed by atoms with van der Waals surface area (Å²) in [6, 6.07) is 8.11. The van der Waals surface area contributed by atoms with Crippen LogP contribution in [0.25, 0.3) is 0 Å². The van der Waals surface area contributed by atoms with Gasteiger partial charge < -0.3 is 9.80 Å². The van der Waals surface area contributed by atoms with E-state index < -0.39 is 0 Å². The van der Waals surface area contributed by atoms with Crippen LogP contribution in [0.3, 0.4) is 0 Å². The average Bonchev–Trinajstić information content (AvgIpc) is 2.47. The van der Waals surface area contributed by atoms with Crippen LogP contribution in [-0.4, -0.2) is 25.5 Å². The maximum absolute atomic E-state index is 12.5. The molecule has 1 aromatic rings. The molecule has 0 radical (unpaired) electrons. The highest BCUT2D eigenvalue weighted by Gasteiger charge is 2.33. The van der Waals surface area contributed by atoms with Gasteiger partial charge in [-0.1, -0.05) is 19.3 Å². The van der Waals surface area contributed by atoms with Crippen molar-refractivity contribution in [1.82, 2.24) is 0 Å². The molecule has 3 rings (SSSR count). The van der Waals surface area contributed by atoms with E-state index in [1.54, 1.807) is 0 Å². The summed E-state index contributed by atoms with van der Waals surface area (Å²) >= 11 is 0. The van der Waals surface area contributed by atoms with Crippen molar-refractivity contribution in [2.45, 2.75) is 38.1 Å². The minimum atomic E-state index is 0.155. The number of carbonyl (C=O) groups excluding carboxylic acids is 1. The minimum Gasteiger partial charge on any atom is -0.364 e. The van der Waals surface area contributed by atoms with Gasteiger partial charge in [-0.2, -0.15) is 5.26 Å². The van der Waals surface area contributed by atoms with Crippen molar-refractivity contribution >= 4 is 17.3 Å². The number of benzene rings is 1. The van der Waals surface area contributed by atoms with Gasteiger partial charge in [0.25, 0.3) is 0 Å². The molecule has 0 N–H and O–H groups in total. The van der Waals surface area contributed by atoms with Gasteiger partial charge in [0.1, 0.15) is 0 Å². The van der Waals surface area contributed by atoms with E-state index in [0.717, 1.165) is 24.2 Å². The predicted octanol–water partition coefficient (Wildman–Crippen LogP) is 2.67. The first-order valence-electron chi connectivity index (χ1n) is 7.28. The smallest absolute Gasteiger partial charge is 0.246 e. The lowest BCUT2D eigenvalue weighted by molar-refractivity contribution is -0.118. The fraction of sp³-hybridized carbons (Fsp3) is 0.500. The monoisotopic (exact) mass is 269 g/mol. The summed E-state index contributed by atoms with van der Waals surface area (Å²) in [5.74, 6) is 0.155. The Morgan fingerprint density at radius 2 is 1.95 bits per heavy atom. The first kappa shape index (κ1) is 13.0.